The molecule has 1 fully saturated rings. The Bertz CT molecular complexity index is 1440. The Morgan fingerprint density at radius 2 is 1.91 bits per heavy atom. The van der Waals surface area contributed by atoms with Crippen LogP contribution < -0.4 is 10.5 Å². The Hall–Kier alpha value is -3.77. The zero-order valence-corrected chi connectivity index (χ0v) is 17.9. The second kappa shape index (κ2) is 7.73. The van der Waals surface area contributed by atoms with E-state index >= 15 is 0 Å². The highest BCUT2D eigenvalue weighted by atomic mass is 19.1. The molecule has 32 heavy (non-hydrogen) atoms. The molecule has 3 heterocycles. The maximum Gasteiger partial charge on any atom is 0.262 e. The van der Waals surface area contributed by atoms with Crippen LogP contribution in [0.5, 0.6) is 0 Å². The maximum atomic E-state index is 14.0. The predicted molar refractivity (Wildman–Crippen MR) is 119 cm³/mol. The Morgan fingerprint density at radius 3 is 2.66 bits per heavy atom. The average Bonchev–Trinajstić information content (AvgIpc) is 3.21. The molecule has 0 aliphatic carbocycles. The number of hydrogen-bond donors (Lipinski definition) is 0. The van der Waals surface area contributed by atoms with Crippen molar-refractivity contribution in [1.82, 2.24) is 24.1 Å². The second-order valence-corrected chi connectivity index (χ2v) is 8.15. The van der Waals surface area contributed by atoms with Crippen LogP contribution >= 0.6 is 0 Å². The fourth-order valence-electron chi connectivity index (χ4n) is 4.40. The van der Waals surface area contributed by atoms with Crippen LogP contribution in [0.3, 0.4) is 0 Å². The molecule has 9 heteroatoms. The van der Waals surface area contributed by atoms with Gasteiger partial charge < -0.3 is 4.90 Å². The monoisotopic (exact) mass is 431 g/mol. The van der Waals surface area contributed by atoms with Gasteiger partial charge in [-0.3, -0.25) is 18.7 Å². The summed E-state index contributed by atoms with van der Waals surface area (Å²) in [6.45, 7) is 5.36. The summed E-state index contributed by atoms with van der Waals surface area (Å²) in [4.78, 5) is 17.1. The highest BCUT2D eigenvalue weighted by Gasteiger charge is 2.23. The molecule has 0 bridgehead atoms. The third-order valence-electron chi connectivity index (χ3n) is 6.12. The van der Waals surface area contributed by atoms with Gasteiger partial charge in [0.2, 0.25) is 5.78 Å². The normalized spacial score (nSPS) is 14.9. The topological polar surface area (TPSA) is 82.5 Å². The summed E-state index contributed by atoms with van der Waals surface area (Å²) in [5.74, 6) is 0.787. The van der Waals surface area contributed by atoms with Crippen LogP contribution in [0, 0.1) is 24.1 Å². The van der Waals surface area contributed by atoms with Gasteiger partial charge in [0.25, 0.3) is 5.56 Å². The lowest BCUT2D eigenvalue weighted by Gasteiger charge is -2.36. The van der Waals surface area contributed by atoms with Crippen molar-refractivity contribution in [3.05, 3.63) is 69.5 Å². The van der Waals surface area contributed by atoms with Crippen molar-refractivity contribution in [1.29, 1.82) is 5.26 Å². The number of rotatable bonds is 3. The molecule has 0 saturated carbocycles. The van der Waals surface area contributed by atoms with Crippen molar-refractivity contribution in [2.75, 3.05) is 31.1 Å². The number of benzene rings is 2. The second-order valence-electron chi connectivity index (χ2n) is 8.15. The van der Waals surface area contributed by atoms with E-state index < -0.39 is 5.82 Å². The fraction of sp³-hybridized carbons (Fsp3) is 0.304. The number of hydrogen-bond acceptors (Lipinski definition) is 6. The molecule has 2 aromatic carbocycles. The molecule has 2 aromatic heterocycles. The van der Waals surface area contributed by atoms with E-state index in [0.717, 1.165) is 30.0 Å². The van der Waals surface area contributed by atoms with E-state index in [2.05, 4.69) is 15.1 Å². The van der Waals surface area contributed by atoms with Crippen LogP contribution in [0.15, 0.2) is 41.2 Å². The summed E-state index contributed by atoms with van der Waals surface area (Å²) in [5, 5.41) is 18.6. The fourth-order valence-corrected chi connectivity index (χ4v) is 4.40. The Kier molecular flexibility index (Phi) is 4.87. The standard InChI is InChI=1S/C23H22FN7O/c1-15-6-7-20-16(12-15)22(32)28(2)23-27-26-21(31(20)23)14-29-8-10-30(11-9-29)19-5-3-4-18(24)17(19)13-25/h3-7,12H,8-11,14H2,1-2H3. The summed E-state index contributed by atoms with van der Waals surface area (Å²) < 4.78 is 17.5. The molecule has 0 N–H and O–H groups in total. The zero-order chi connectivity index (χ0) is 22.4. The third kappa shape index (κ3) is 3.20. The molecule has 0 atom stereocenters. The number of piperazine rings is 1. The first-order chi connectivity index (χ1) is 15.5. The van der Waals surface area contributed by atoms with E-state index in [1.807, 2.05) is 40.5 Å². The summed E-state index contributed by atoms with van der Waals surface area (Å²) >= 11 is 0. The average molecular weight is 431 g/mol. The quantitative estimate of drug-likeness (QED) is 0.495. The lowest BCUT2D eigenvalue weighted by molar-refractivity contribution is 0.243. The molecular formula is C23H22FN7O. The number of aromatic nitrogens is 4. The van der Waals surface area contributed by atoms with E-state index in [-0.39, 0.29) is 11.1 Å². The molecule has 1 aliphatic heterocycles. The Balaban J connectivity index is 1.42. The molecule has 5 rings (SSSR count). The van der Waals surface area contributed by atoms with Crippen molar-refractivity contribution in [2.24, 2.45) is 7.05 Å². The summed E-state index contributed by atoms with van der Waals surface area (Å²) in [6.07, 6.45) is 0. The first-order valence-corrected chi connectivity index (χ1v) is 10.5. The maximum absolute atomic E-state index is 14.0. The van der Waals surface area contributed by atoms with Crippen LogP contribution in [0.2, 0.25) is 0 Å². The number of fused-ring (bicyclic) bond motifs is 3. The number of anilines is 1. The Labute approximate surface area is 183 Å². The lowest BCUT2D eigenvalue weighted by atomic mass is 10.1. The van der Waals surface area contributed by atoms with Gasteiger partial charge in [-0.1, -0.05) is 17.7 Å². The van der Waals surface area contributed by atoms with E-state index in [1.54, 1.807) is 19.2 Å². The molecule has 1 aliphatic rings. The third-order valence-corrected chi connectivity index (χ3v) is 6.12. The smallest absolute Gasteiger partial charge is 0.262 e. The van der Waals surface area contributed by atoms with E-state index in [9.17, 15) is 14.4 Å². The van der Waals surface area contributed by atoms with Gasteiger partial charge in [-0.25, -0.2) is 4.39 Å². The molecule has 0 spiro atoms. The number of nitrogens with zero attached hydrogens (tertiary/aromatic N) is 7. The van der Waals surface area contributed by atoms with Crippen LogP contribution in [-0.4, -0.2) is 50.2 Å². The van der Waals surface area contributed by atoms with Crippen LogP contribution in [0.4, 0.5) is 10.1 Å². The van der Waals surface area contributed by atoms with Crippen molar-refractivity contribution < 1.29 is 4.39 Å². The van der Waals surface area contributed by atoms with Gasteiger partial charge in [-0.05, 0) is 31.2 Å². The van der Waals surface area contributed by atoms with Crippen LogP contribution in [0.25, 0.3) is 16.7 Å². The highest BCUT2D eigenvalue weighted by molar-refractivity contribution is 5.81. The first kappa shape index (κ1) is 20.2. The minimum absolute atomic E-state index is 0.0899. The lowest BCUT2D eigenvalue weighted by Crippen LogP contribution is -2.46. The van der Waals surface area contributed by atoms with Gasteiger partial charge in [0.05, 0.1) is 23.1 Å². The molecule has 0 unspecified atom stereocenters. The van der Waals surface area contributed by atoms with Gasteiger partial charge >= 0.3 is 0 Å². The van der Waals surface area contributed by atoms with Crippen LogP contribution in [-0.2, 0) is 13.6 Å². The number of halogens is 1. The summed E-state index contributed by atoms with van der Waals surface area (Å²) in [6, 6.07) is 12.5. The van der Waals surface area contributed by atoms with E-state index in [0.29, 0.717) is 36.5 Å². The highest BCUT2D eigenvalue weighted by Crippen LogP contribution is 2.24. The summed E-state index contributed by atoms with van der Waals surface area (Å²) in [5.41, 5.74) is 2.45. The molecule has 162 valence electrons. The minimum atomic E-state index is -0.491. The summed E-state index contributed by atoms with van der Waals surface area (Å²) in [7, 11) is 1.71. The van der Waals surface area contributed by atoms with Crippen molar-refractivity contribution >= 4 is 22.4 Å². The van der Waals surface area contributed by atoms with Gasteiger partial charge in [0.1, 0.15) is 17.4 Å². The number of aryl methyl sites for hydroxylation is 2. The molecule has 0 amide bonds. The largest absolute Gasteiger partial charge is 0.368 e. The van der Waals surface area contributed by atoms with E-state index in [1.165, 1.54) is 10.6 Å². The van der Waals surface area contributed by atoms with Gasteiger partial charge in [-0.2, -0.15) is 5.26 Å². The van der Waals surface area contributed by atoms with Crippen molar-refractivity contribution in [2.45, 2.75) is 13.5 Å². The SMILES string of the molecule is Cc1ccc2c(c1)c(=O)n(C)c1nnc(CN3CCN(c4cccc(F)c4C#N)CC3)n21. The molecule has 1 saturated heterocycles. The molecule has 4 aromatic rings. The van der Waals surface area contributed by atoms with Gasteiger partial charge in [0.15, 0.2) is 5.82 Å². The van der Waals surface area contributed by atoms with Gasteiger partial charge in [-0.15, -0.1) is 10.2 Å². The first-order valence-electron chi connectivity index (χ1n) is 10.5. The predicted octanol–water partition coefficient (Wildman–Crippen LogP) is 2.22. The van der Waals surface area contributed by atoms with Crippen molar-refractivity contribution in [3.8, 4) is 6.07 Å². The van der Waals surface area contributed by atoms with Crippen LogP contribution in [0.1, 0.15) is 17.0 Å². The molecule has 8 nitrogen and oxygen atoms in total. The van der Waals surface area contributed by atoms with E-state index in [4.69, 9.17) is 0 Å². The molecular weight excluding hydrogens is 409 g/mol. The minimum Gasteiger partial charge on any atom is -0.368 e. The van der Waals surface area contributed by atoms with Gasteiger partial charge in [0, 0.05) is 33.2 Å². The number of nitriles is 1. The Morgan fingerprint density at radius 1 is 1.12 bits per heavy atom. The van der Waals surface area contributed by atoms with Crippen molar-refractivity contribution in [3.63, 3.8) is 0 Å². The zero-order valence-electron chi connectivity index (χ0n) is 17.9. The molecule has 0 radical (unpaired) electrons.